The largest absolute Gasteiger partial charge is 0.394 e. The number of pyridine rings is 2. The van der Waals surface area contributed by atoms with Crippen molar-refractivity contribution in [1.29, 1.82) is 10.5 Å². The number of piperazine rings is 2. The Kier molecular flexibility index (Phi) is 18.0. The lowest BCUT2D eigenvalue weighted by atomic mass is 9.86. The van der Waals surface area contributed by atoms with E-state index in [0.29, 0.717) is 51.1 Å². The standard InChI is InChI=1S/2C32H37N5O2/c2*1-23-17-24(2)29(32(39)36-15-16-37(28(21-36)22-38)31-9-5-6-12-34-31)19-27(23)18-25-10-13-35(14-11-25)30-8-4-3-7-26(30)20-33/h2*3-9,12,17,19,25,28,38H,10-11,13-16,18,21-22H2,1-2H3/t2*28-/m10/s1. The first kappa shape index (κ1) is 55.0. The van der Waals surface area contributed by atoms with E-state index >= 15 is 0 Å². The zero-order valence-corrected chi connectivity index (χ0v) is 45.8. The molecule has 0 radical (unpaired) electrons. The number of anilines is 4. The van der Waals surface area contributed by atoms with Crippen LogP contribution in [0.1, 0.15) is 90.9 Å². The summed E-state index contributed by atoms with van der Waals surface area (Å²) < 4.78 is 0. The van der Waals surface area contributed by atoms with E-state index in [4.69, 9.17) is 0 Å². The minimum absolute atomic E-state index is 0.0317. The predicted octanol–water partition coefficient (Wildman–Crippen LogP) is 8.71. The Morgan fingerprint density at radius 1 is 0.513 bits per heavy atom. The molecule has 0 spiro atoms. The van der Waals surface area contributed by atoms with Crippen molar-refractivity contribution in [2.75, 3.05) is 98.3 Å². The third kappa shape index (κ3) is 12.6. The fourth-order valence-electron chi connectivity index (χ4n) is 12.1. The second-order valence-corrected chi connectivity index (χ2v) is 21.7. The van der Waals surface area contributed by atoms with Gasteiger partial charge in [0.2, 0.25) is 0 Å². The number of aryl methyl sites for hydroxylation is 4. The summed E-state index contributed by atoms with van der Waals surface area (Å²) in [5.41, 5.74) is 12.0. The van der Waals surface area contributed by atoms with E-state index in [-0.39, 0.29) is 37.1 Å². The average molecular weight is 1050 g/mol. The molecule has 6 heterocycles. The second kappa shape index (κ2) is 25.6. The minimum Gasteiger partial charge on any atom is -0.394 e. The number of benzene rings is 4. The van der Waals surface area contributed by atoms with Gasteiger partial charge >= 0.3 is 0 Å². The number of para-hydroxylation sites is 2. The second-order valence-electron chi connectivity index (χ2n) is 21.7. The highest BCUT2D eigenvalue weighted by Gasteiger charge is 2.34. The first-order valence-corrected chi connectivity index (χ1v) is 27.8. The molecule has 4 saturated heterocycles. The van der Waals surface area contributed by atoms with Crippen LogP contribution in [-0.2, 0) is 12.8 Å². The van der Waals surface area contributed by atoms with Crippen LogP contribution in [0.4, 0.5) is 23.0 Å². The fourth-order valence-corrected chi connectivity index (χ4v) is 12.1. The molecular formula is C64H74N10O4. The molecule has 2 atom stereocenters. The highest BCUT2D eigenvalue weighted by molar-refractivity contribution is 5.97. The predicted molar refractivity (Wildman–Crippen MR) is 308 cm³/mol. The topological polar surface area (TPSA) is 167 Å². The summed E-state index contributed by atoms with van der Waals surface area (Å²) >= 11 is 0. The molecule has 0 saturated carbocycles. The van der Waals surface area contributed by atoms with Crippen molar-refractivity contribution < 1.29 is 19.8 Å². The summed E-state index contributed by atoms with van der Waals surface area (Å²) in [7, 11) is 0. The number of nitrogens with zero attached hydrogens (tertiary/aromatic N) is 10. The van der Waals surface area contributed by atoms with E-state index < -0.39 is 0 Å². The molecule has 404 valence electrons. The Hall–Kier alpha value is -7.78. The molecule has 0 unspecified atom stereocenters. The van der Waals surface area contributed by atoms with Gasteiger partial charge in [0.15, 0.2) is 0 Å². The zero-order valence-electron chi connectivity index (χ0n) is 45.8. The van der Waals surface area contributed by atoms with E-state index in [0.717, 1.165) is 121 Å². The van der Waals surface area contributed by atoms with Crippen molar-refractivity contribution in [2.45, 2.75) is 78.3 Å². The van der Waals surface area contributed by atoms with Gasteiger partial charge in [0.05, 0.1) is 47.8 Å². The maximum Gasteiger partial charge on any atom is 0.254 e. The molecule has 4 aromatic carbocycles. The Bertz CT molecular complexity index is 2900. The van der Waals surface area contributed by atoms with Crippen LogP contribution < -0.4 is 19.6 Å². The van der Waals surface area contributed by atoms with E-state index in [1.807, 2.05) is 109 Å². The molecule has 4 aliphatic heterocycles. The Morgan fingerprint density at radius 3 is 1.26 bits per heavy atom. The lowest BCUT2D eigenvalue weighted by Crippen LogP contribution is -2.56. The van der Waals surface area contributed by atoms with Gasteiger partial charge in [-0.15, -0.1) is 0 Å². The van der Waals surface area contributed by atoms with Gasteiger partial charge in [-0.2, -0.15) is 10.5 Å². The summed E-state index contributed by atoms with van der Waals surface area (Å²) in [6, 6.07) is 40.0. The molecule has 6 aromatic rings. The monoisotopic (exact) mass is 1050 g/mol. The number of aromatic nitrogens is 2. The van der Waals surface area contributed by atoms with Crippen molar-refractivity contribution in [1.82, 2.24) is 19.8 Å². The molecule has 4 aliphatic rings. The van der Waals surface area contributed by atoms with Gasteiger partial charge in [-0.25, -0.2) is 9.97 Å². The fraction of sp³-hybridized carbons (Fsp3) is 0.406. The number of hydrogen-bond donors (Lipinski definition) is 2. The van der Waals surface area contributed by atoms with E-state index in [9.17, 15) is 30.3 Å². The zero-order chi connectivity index (χ0) is 54.7. The van der Waals surface area contributed by atoms with Crippen LogP contribution in [0.2, 0.25) is 0 Å². The van der Waals surface area contributed by atoms with Gasteiger partial charge in [-0.05, 0) is 172 Å². The number of nitriles is 2. The number of carbonyl (C=O) groups excluding carboxylic acids is 2. The molecule has 10 rings (SSSR count). The highest BCUT2D eigenvalue weighted by atomic mass is 16.3. The number of piperidine rings is 2. The third-order valence-electron chi connectivity index (χ3n) is 16.7. The molecule has 2 N–H and O–H groups in total. The van der Waals surface area contributed by atoms with Gasteiger partial charge in [-0.3, -0.25) is 9.59 Å². The van der Waals surface area contributed by atoms with Gasteiger partial charge in [0, 0.05) is 89.0 Å². The molecular weight excluding hydrogens is 973 g/mol. The van der Waals surface area contributed by atoms with Crippen molar-refractivity contribution >= 4 is 34.8 Å². The van der Waals surface area contributed by atoms with Crippen molar-refractivity contribution in [3.05, 3.63) is 177 Å². The maximum absolute atomic E-state index is 13.7. The van der Waals surface area contributed by atoms with Crippen LogP contribution >= 0.6 is 0 Å². The molecule has 78 heavy (non-hydrogen) atoms. The number of amides is 2. The highest BCUT2D eigenvalue weighted by Crippen LogP contribution is 2.33. The molecule has 0 bridgehead atoms. The van der Waals surface area contributed by atoms with Crippen LogP contribution in [-0.4, -0.2) is 133 Å². The number of carbonyl (C=O) groups is 2. The summed E-state index contributed by atoms with van der Waals surface area (Å²) in [6.07, 6.45) is 9.66. The van der Waals surface area contributed by atoms with Crippen LogP contribution in [0, 0.1) is 62.2 Å². The van der Waals surface area contributed by atoms with Crippen molar-refractivity contribution in [3.8, 4) is 12.1 Å². The van der Waals surface area contributed by atoms with Crippen LogP contribution in [0.5, 0.6) is 0 Å². The van der Waals surface area contributed by atoms with Crippen LogP contribution in [0.15, 0.2) is 122 Å². The van der Waals surface area contributed by atoms with Crippen molar-refractivity contribution in [2.24, 2.45) is 11.8 Å². The summed E-state index contributed by atoms with van der Waals surface area (Å²) in [5.74, 6) is 2.83. The number of aliphatic hydroxyl groups is 2. The molecule has 14 heteroatoms. The Labute approximate surface area is 460 Å². The Morgan fingerprint density at radius 2 is 0.897 bits per heavy atom. The van der Waals surface area contributed by atoms with Gasteiger partial charge in [-0.1, -0.05) is 48.5 Å². The van der Waals surface area contributed by atoms with Crippen molar-refractivity contribution in [3.63, 3.8) is 0 Å². The van der Waals surface area contributed by atoms with Crippen LogP contribution in [0.3, 0.4) is 0 Å². The van der Waals surface area contributed by atoms with Gasteiger partial charge in [0.1, 0.15) is 23.8 Å². The lowest BCUT2D eigenvalue weighted by molar-refractivity contribution is 0.0690. The number of rotatable bonds is 12. The summed E-state index contributed by atoms with van der Waals surface area (Å²) in [6.45, 7) is 15.4. The molecule has 2 amide bonds. The normalized spacial score (nSPS) is 18.2. The number of aliphatic hydroxyl groups excluding tert-OH is 2. The first-order valence-electron chi connectivity index (χ1n) is 27.8. The molecule has 14 nitrogen and oxygen atoms in total. The Balaban J connectivity index is 0.000000190. The maximum atomic E-state index is 13.7. The molecule has 2 aromatic heterocycles. The summed E-state index contributed by atoms with van der Waals surface area (Å²) in [4.78, 5) is 48.9. The summed E-state index contributed by atoms with van der Waals surface area (Å²) in [5, 5.41) is 39.2. The number of hydrogen-bond acceptors (Lipinski definition) is 12. The lowest BCUT2D eigenvalue weighted by Gasteiger charge is -2.41. The van der Waals surface area contributed by atoms with E-state index in [2.05, 4.69) is 79.8 Å². The molecule has 0 aliphatic carbocycles. The SMILES string of the molecule is Cc1cc(C)c(C(=O)N2CCN(c3ccccn3)[C@@H](CO)C2)cc1CC1CCN(c2ccccc2C#N)CC1.Cc1cc(C)c(C(=O)N2CCN(c3ccccn3)[C@H](CO)C2)cc1CC1CCN(c2ccccc2C#N)CC1. The quantitative estimate of drug-likeness (QED) is 0.120. The van der Waals surface area contributed by atoms with Gasteiger partial charge in [0.25, 0.3) is 11.8 Å². The first-order chi connectivity index (χ1) is 38.0. The van der Waals surface area contributed by atoms with E-state index in [1.54, 1.807) is 12.4 Å². The third-order valence-corrected chi connectivity index (χ3v) is 16.7. The smallest absolute Gasteiger partial charge is 0.254 e. The van der Waals surface area contributed by atoms with E-state index in [1.165, 1.54) is 22.3 Å². The minimum atomic E-state index is -0.181. The molecule has 4 fully saturated rings. The average Bonchev–Trinajstić information content (AvgIpc) is 3.49. The van der Waals surface area contributed by atoms with Gasteiger partial charge < -0.3 is 39.6 Å². The van der Waals surface area contributed by atoms with Crippen LogP contribution in [0.25, 0.3) is 0 Å².